The lowest BCUT2D eigenvalue weighted by Gasteiger charge is -2.15. The molecule has 0 aliphatic carbocycles. The molecule has 1 aliphatic rings. The van der Waals surface area contributed by atoms with E-state index in [1.807, 2.05) is 6.07 Å². The van der Waals surface area contributed by atoms with E-state index in [1.165, 1.54) is 0 Å². The lowest BCUT2D eigenvalue weighted by atomic mass is 10.1. The topological polar surface area (TPSA) is 53.4 Å². The quantitative estimate of drug-likeness (QED) is 0.879. The van der Waals surface area contributed by atoms with Crippen LogP contribution >= 0.6 is 15.9 Å². The summed E-state index contributed by atoms with van der Waals surface area (Å²) >= 11 is 3.31. The number of nitrogens with zero attached hydrogens (tertiary/aromatic N) is 2. The van der Waals surface area contributed by atoms with Gasteiger partial charge in [-0.15, -0.1) is 0 Å². The molecular weight excluding hydrogens is 260 g/mol. The smallest absolute Gasteiger partial charge is 0.227 e. The molecule has 0 radical (unpaired) electrons. The van der Waals surface area contributed by atoms with Crippen LogP contribution in [0.5, 0.6) is 0 Å². The van der Waals surface area contributed by atoms with E-state index >= 15 is 0 Å². The number of carbonyl (C=O) groups excluding carboxylic acids is 1. The molecule has 1 atom stereocenters. The number of pyridine rings is 1. The lowest BCUT2D eigenvalue weighted by Crippen LogP contribution is -2.24. The van der Waals surface area contributed by atoms with E-state index in [0.717, 1.165) is 10.2 Å². The number of halogens is 1. The molecule has 1 amide bonds. The van der Waals surface area contributed by atoms with Crippen LogP contribution in [0, 0.1) is 5.92 Å². The van der Waals surface area contributed by atoms with Gasteiger partial charge in [-0.1, -0.05) is 0 Å². The molecule has 2 heterocycles. The van der Waals surface area contributed by atoms with Crippen molar-refractivity contribution in [2.75, 3.05) is 18.1 Å². The van der Waals surface area contributed by atoms with Gasteiger partial charge in [0.25, 0.3) is 0 Å². The predicted octanol–water partition coefficient (Wildman–Crippen LogP) is 1.19. The Hall–Kier alpha value is -0.940. The molecule has 0 bridgehead atoms. The molecule has 1 aromatic rings. The SMILES string of the molecule is O=C1CC(CO)CN1c1cncc(Br)c1. The molecule has 0 aromatic carbocycles. The second-order valence-corrected chi connectivity index (χ2v) is 4.53. The molecule has 0 saturated carbocycles. The normalized spacial score (nSPS) is 21.1. The second kappa shape index (κ2) is 4.28. The number of carbonyl (C=O) groups is 1. The van der Waals surface area contributed by atoms with Gasteiger partial charge in [-0.3, -0.25) is 9.78 Å². The van der Waals surface area contributed by atoms with Crippen LogP contribution in [0.25, 0.3) is 0 Å². The van der Waals surface area contributed by atoms with Crippen molar-refractivity contribution in [3.05, 3.63) is 22.9 Å². The third-order valence-electron chi connectivity index (χ3n) is 2.47. The molecule has 1 unspecified atom stereocenters. The molecule has 1 aliphatic heterocycles. The van der Waals surface area contributed by atoms with E-state index in [4.69, 9.17) is 5.11 Å². The number of rotatable bonds is 2. The summed E-state index contributed by atoms with van der Waals surface area (Å²) in [6.45, 7) is 0.636. The van der Waals surface area contributed by atoms with Crippen LogP contribution in [-0.4, -0.2) is 29.1 Å². The first-order valence-corrected chi connectivity index (χ1v) is 5.52. The van der Waals surface area contributed by atoms with Gasteiger partial charge in [0, 0.05) is 36.2 Å². The average molecular weight is 271 g/mol. The Morgan fingerprint density at radius 2 is 2.40 bits per heavy atom. The number of hydrogen-bond donors (Lipinski definition) is 1. The van der Waals surface area contributed by atoms with Crippen molar-refractivity contribution in [2.45, 2.75) is 6.42 Å². The largest absolute Gasteiger partial charge is 0.396 e. The highest BCUT2D eigenvalue weighted by Crippen LogP contribution is 2.25. The zero-order chi connectivity index (χ0) is 10.8. The van der Waals surface area contributed by atoms with E-state index in [2.05, 4.69) is 20.9 Å². The summed E-state index contributed by atoms with van der Waals surface area (Å²) in [5.74, 6) is 0.102. The van der Waals surface area contributed by atoms with Crippen LogP contribution in [0.3, 0.4) is 0 Å². The van der Waals surface area contributed by atoms with Gasteiger partial charge in [-0.25, -0.2) is 0 Å². The van der Waals surface area contributed by atoms with Crippen LogP contribution in [0.1, 0.15) is 6.42 Å². The van der Waals surface area contributed by atoms with Gasteiger partial charge in [0.05, 0.1) is 11.9 Å². The minimum absolute atomic E-state index is 0.0500. The highest BCUT2D eigenvalue weighted by molar-refractivity contribution is 9.10. The van der Waals surface area contributed by atoms with Crippen molar-refractivity contribution in [3.8, 4) is 0 Å². The molecule has 5 heteroatoms. The number of hydrogen-bond acceptors (Lipinski definition) is 3. The highest BCUT2D eigenvalue weighted by atomic mass is 79.9. The van der Waals surface area contributed by atoms with E-state index < -0.39 is 0 Å². The van der Waals surface area contributed by atoms with Gasteiger partial charge in [-0.05, 0) is 22.0 Å². The van der Waals surface area contributed by atoms with Gasteiger partial charge < -0.3 is 10.0 Å². The zero-order valence-electron chi connectivity index (χ0n) is 8.06. The fourth-order valence-corrected chi connectivity index (χ4v) is 2.05. The van der Waals surface area contributed by atoms with Crippen LogP contribution in [0.15, 0.2) is 22.9 Å². The monoisotopic (exact) mass is 270 g/mol. The average Bonchev–Trinajstić information content (AvgIpc) is 2.60. The first-order valence-electron chi connectivity index (χ1n) is 4.72. The number of amides is 1. The Bertz CT molecular complexity index is 383. The molecule has 0 spiro atoms. The molecule has 1 fully saturated rings. The van der Waals surface area contributed by atoms with Gasteiger partial charge in [0.2, 0.25) is 5.91 Å². The number of anilines is 1. The lowest BCUT2D eigenvalue weighted by molar-refractivity contribution is -0.117. The van der Waals surface area contributed by atoms with Crippen molar-refractivity contribution >= 4 is 27.5 Å². The highest BCUT2D eigenvalue weighted by Gasteiger charge is 2.30. The Morgan fingerprint density at radius 1 is 1.60 bits per heavy atom. The summed E-state index contributed by atoms with van der Waals surface area (Å²) in [5, 5.41) is 9.00. The maximum atomic E-state index is 11.6. The summed E-state index contributed by atoms with van der Waals surface area (Å²) in [4.78, 5) is 17.3. The van der Waals surface area contributed by atoms with Gasteiger partial charge in [-0.2, -0.15) is 0 Å². The summed E-state index contributed by atoms with van der Waals surface area (Å²) in [6, 6.07) is 1.85. The molecular formula is C10H11BrN2O2. The zero-order valence-corrected chi connectivity index (χ0v) is 9.64. The molecule has 15 heavy (non-hydrogen) atoms. The van der Waals surface area contributed by atoms with Gasteiger partial charge in [0.1, 0.15) is 0 Å². The number of aliphatic hydroxyl groups is 1. The number of aromatic nitrogens is 1. The number of aliphatic hydroxyl groups excluding tert-OH is 1. The minimum Gasteiger partial charge on any atom is -0.396 e. The molecule has 1 N–H and O–H groups in total. The van der Waals surface area contributed by atoms with Crippen molar-refractivity contribution in [1.29, 1.82) is 0 Å². The molecule has 2 rings (SSSR count). The van der Waals surface area contributed by atoms with Crippen LogP contribution in [-0.2, 0) is 4.79 Å². The maximum Gasteiger partial charge on any atom is 0.227 e. The predicted molar refractivity (Wildman–Crippen MR) is 59.5 cm³/mol. The third-order valence-corrected chi connectivity index (χ3v) is 2.90. The van der Waals surface area contributed by atoms with Gasteiger partial charge in [0.15, 0.2) is 0 Å². The first kappa shape index (κ1) is 10.6. The Balaban J connectivity index is 2.21. The summed E-state index contributed by atoms with van der Waals surface area (Å²) in [7, 11) is 0. The minimum atomic E-state index is 0.0500. The van der Waals surface area contributed by atoms with Crippen molar-refractivity contribution < 1.29 is 9.90 Å². The molecule has 4 nitrogen and oxygen atoms in total. The second-order valence-electron chi connectivity index (χ2n) is 3.62. The fraction of sp³-hybridized carbons (Fsp3) is 0.400. The van der Waals surface area contributed by atoms with Crippen molar-refractivity contribution in [2.24, 2.45) is 5.92 Å². The molecule has 1 saturated heterocycles. The summed E-state index contributed by atoms with van der Waals surface area (Å²) in [5.41, 5.74) is 0.783. The van der Waals surface area contributed by atoms with Gasteiger partial charge >= 0.3 is 0 Å². The third kappa shape index (κ3) is 2.18. The fourth-order valence-electron chi connectivity index (χ4n) is 1.70. The Kier molecular flexibility index (Phi) is 3.02. The standard InChI is InChI=1S/C10H11BrN2O2/c11-8-2-9(4-12-3-8)13-5-7(6-14)1-10(13)15/h2-4,7,14H,1,5-6H2. The van der Waals surface area contributed by atoms with Crippen molar-refractivity contribution in [1.82, 2.24) is 4.98 Å². The van der Waals surface area contributed by atoms with Crippen LogP contribution in [0.2, 0.25) is 0 Å². The molecule has 1 aromatic heterocycles. The maximum absolute atomic E-state index is 11.6. The van der Waals surface area contributed by atoms with E-state index in [-0.39, 0.29) is 18.4 Å². The van der Waals surface area contributed by atoms with E-state index in [1.54, 1.807) is 17.3 Å². The Labute approximate surface area is 96.1 Å². The summed E-state index contributed by atoms with van der Waals surface area (Å²) in [6.07, 6.45) is 3.75. The molecule has 80 valence electrons. The summed E-state index contributed by atoms with van der Waals surface area (Å²) < 4.78 is 0.847. The van der Waals surface area contributed by atoms with Crippen LogP contribution < -0.4 is 4.90 Å². The first-order chi connectivity index (χ1) is 7.20. The Morgan fingerprint density at radius 3 is 3.00 bits per heavy atom. The van der Waals surface area contributed by atoms with Crippen molar-refractivity contribution in [3.63, 3.8) is 0 Å². The van der Waals surface area contributed by atoms with E-state index in [9.17, 15) is 4.79 Å². The van der Waals surface area contributed by atoms with E-state index in [0.29, 0.717) is 13.0 Å². The van der Waals surface area contributed by atoms with Crippen LogP contribution in [0.4, 0.5) is 5.69 Å².